The van der Waals surface area contributed by atoms with Crippen molar-refractivity contribution in [1.29, 1.82) is 0 Å². The van der Waals surface area contributed by atoms with Crippen LogP contribution in [0.2, 0.25) is 0 Å². The highest BCUT2D eigenvalue weighted by Crippen LogP contribution is 2.22. The molecule has 0 atom stereocenters. The number of hydrogen-bond donors (Lipinski definition) is 1. The molecule has 3 rings (SSSR count). The van der Waals surface area contributed by atoms with E-state index in [0.717, 1.165) is 10.9 Å². The number of benzene rings is 2. The number of nitrogens with zero attached hydrogens (tertiary/aromatic N) is 1. The van der Waals surface area contributed by atoms with Crippen molar-refractivity contribution in [2.45, 2.75) is 10.6 Å². The van der Waals surface area contributed by atoms with Crippen LogP contribution in [0.5, 0.6) is 0 Å². The maximum Gasteiger partial charge on any atom is 0.182 e. The van der Waals surface area contributed by atoms with Crippen molar-refractivity contribution in [1.82, 2.24) is 4.98 Å². The first-order valence-corrected chi connectivity index (χ1v) is 8.12. The number of aromatic nitrogens is 1. The monoisotopic (exact) mass is 298 g/mol. The summed E-state index contributed by atoms with van der Waals surface area (Å²) in [7, 11) is -3.42. The Morgan fingerprint density at radius 1 is 0.952 bits per heavy atom. The molecular formula is C16H14N2O2S. The predicted molar refractivity (Wildman–Crippen MR) is 83.5 cm³/mol. The van der Waals surface area contributed by atoms with Crippen LogP contribution in [0.15, 0.2) is 65.7 Å². The van der Waals surface area contributed by atoms with Gasteiger partial charge in [0, 0.05) is 17.3 Å². The number of sulfone groups is 1. The molecule has 106 valence electrons. The Balaban J connectivity index is 2.03. The Morgan fingerprint density at radius 2 is 1.67 bits per heavy atom. The fraction of sp³-hybridized carbons (Fsp3) is 0.0625. The van der Waals surface area contributed by atoms with Gasteiger partial charge in [0.25, 0.3) is 0 Å². The molecule has 0 aliphatic carbocycles. The van der Waals surface area contributed by atoms with Crippen LogP contribution in [0.1, 0.15) is 5.56 Å². The third-order valence-corrected chi connectivity index (χ3v) is 4.98. The molecule has 0 radical (unpaired) electrons. The van der Waals surface area contributed by atoms with E-state index in [4.69, 9.17) is 5.73 Å². The van der Waals surface area contributed by atoms with Crippen LogP contribution in [0.4, 0.5) is 5.69 Å². The van der Waals surface area contributed by atoms with E-state index in [9.17, 15) is 8.42 Å². The zero-order chi connectivity index (χ0) is 14.9. The summed E-state index contributed by atoms with van der Waals surface area (Å²) < 4.78 is 25.0. The highest BCUT2D eigenvalue weighted by Gasteiger charge is 2.17. The smallest absolute Gasteiger partial charge is 0.182 e. The van der Waals surface area contributed by atoms with E-state index in [1.165, 1.54) is 12.1 Å². The van der Waals surface area contributed by atoms with E-state index < -0.39 is 9.84 Å². The van der Waals surface area contributed by atoms with Gasteiger partial charge in [0.1, 0.15) is 0 Å². The zero-order valence-electron chi connectivity index (χ0n) is 11.2. The van der Waals surface area contributed by atoms with E-state index in [1.54, 1.807) is 24.4 Å². The molecule has 0 spiro atoms. The largest absolute Gasteiger partial charge is 0.399 e. The quantitative estimate of drug-likeness (QED) is 0.755. The van der Waals surface area contributed by atoms with Gasteiger partial charge in [-0.2, -0.15) is 0 Å². The number of pyridine rings is 1. The van der Waals surface area contributed by atoms with Crippen LogP contribution in [0.25, 0.3) is 10.9 Å². The molecule has 0 aliphatic heterocycles. The summed E-state index contributed by atoms with van der Waals surface area (Å²) in [6.07, 6.45) is 1.67. The molecule has 0 fully saturated rings. The van der Waals surface area contributed by atoms with Crippen LogP contribution >= 0.6 is 0 Å². The lowest BCUT2D eigenvalue weighted by Crippen LogP contribution is -2.06. The molecule has 4 nitrogen and oxygen atoms in total. The van der Waals surface area contributed by atoms with Crippen LogP contribution in [-0.4, -0.2) is 13.4 Å². The Hall–Kier alpha value is -2.40. The summed E-state index contributed by atoms with van der Waals surface area (Å²) in [4.78, 5) is 4.56. The Kier molecular flexibility index (Phi) is 3.35. The number of fused-ring (bicyclic) bond motifs is 1. The summed E-state index contributed by atoms with van der Waals surface area (Å²) in [5.74, 6) is -0.0781. The molecule has 2 aromatic carbocycles. The summed E-state index contributed by atoms with van der Waals surface area (Å²) >= 11 is 0. The number of para-hydroxylation sites is 1. The first-order valence-electron chi connectivity index (χ1n) is 6.47. The number of rotatable bonds is 3. The minimum absolute atomic E-state index is 0.0781. The normalized spacial score (nSPS) is 11.6. The molecule has 0 unspecified atom stereocenters. The van der Waals surface area contributed by atoms with Gasteiger partial charge in [0.15, 0.2) is 9.84 Å². The van der Waals surface area contributed by atoms with Gasteiger partial charge >= 0.3 is 0 Å². The first-order chi connectivity index (χ1) is 10.1. The Morgan fingerprint density at radius 3 is 2.43 bits per heavy atom. The molecule has 1 aromatic heterocycles. The third-order valence-electron chi connectivity index (χ3n) is 3.30. The van der Waals surface area contributed by atoms with Crippen molar-refractivity contribution in [3.8, 4) is 0 Å². The van der Waals surface area contributed by atoms with Crippen molar-refractivity contribution in [3.05, 3.63) is 66.4 Å². The topological polar surface area (TPSA) is 73.1 Å². The molecule has 0 aliphatic rings. The van der Waals surface area contributed by atoms with Gasteiger partial charge in [-0.05, 0) is 35.9 Å². The fourth-order valence-corrected chi connectivity index (χ4v) is 3.61. The highest BCUT2D eigenvalue weighted by atomic mass is 32.2. The van der Waals surface area contributed by atoms with Gasteiger partial charge in [-0.25, -0.2) is 8.42 Å². The molecule has 21 heavy (non-hydrogen) atoms. The van der Waals surface area contributed by atoms with Crippen LogP contribution in [0, 0.1) is 0 Å². The summed E-state index contributed by atoms with van der Waals surface area (Å²) in [5.41, 5.74) is 7.55. The molecule has 0 saturated heterocycles. The Bertz CT molecular complexity index is 882. The van der Waals surface area contributed by atoms with Crippen molar-refractivity contribution < 1.29 is 8.42 Å². The van der Waals surface area contributed by atoms with Gasteiger partial charge in [0.2, 0.25) is 0 Å². The number of nitrogens with two attached hydrogens (primary N) is 1. The lowest BCUT2D eigenvalue weighted by Gasteiger charge is -2.07. The van der Waals surface area contributed by atoms with Gasteiger partial charge in [-0.3, -0.25) is 4.98 Å². The fourth-order valence-electron chi connectivity index (χ4n) is 2.25. The Labute approximate surface area is 123 Å². The molecule has 0 amide bonds. The van der Waals surface area contributed by atoms with Gasteiger partial charge in [-0.15, -0.1) is 0 Å². The standard InChI is InChI=1S/C16H14N2O2S/c17-14-6-8-15(9-7-14)21(19,20)11-13-4-1-3-12-5-2-10-18-16(12)13/h1-10H,11,17H2. The molecule has 1 heterocycles. The first kappa shape index (κ1) is 13.6. The van der Waals surface area contributed by atoms with Gasteiger partial charge in [0.05, 0.1) is 16.2 Å². The third kappa shape index (κ3) is 2.73. The summed E-state index contributed by atoms with van der Waals surface area (Å²) in [6.45, 7) is 0. The number of anilines is 1. The highest BCUT2D eigenvalue weighted by molar-refractivity contribution is 7.90. The average Bonchev–Trinajstić information content (AvgIpc) is 2.48. The second-order valence-corrected chi connectivity index (χ2v) is 6.81. The molecule has 2 N–H and O–H groups in total. The van der Waals surface area contributed by atoms with Crippen molar-refractivity contribution >= 4 is 26.4 Å². The van der Waals surface area contributed by atoms with Crippen LogP contribution in [0.3, 0.4) is 0 Å². The van der Waals surface area contributed by atoms with E-state index in [-0.39, 0.29) is 10.6 Å². The van der Waals surface area contributed by atoms with E-state index in [2.05, 4.69) is 4.98 Å². The SMILES string of the molecule is Nc1ccc(S(=O)(=O)Cc2cccc3cccnc23)cc1. The lowest BCUT2D eigenvalue weighted by molar-refractivity contribution is 0.595. The average molecular weight is 298 g/mol. The van der Waals surface area contributed by atoms with Crippen LogP contribution in [-0.2, 0) is 15.6 Å². The summed E-state index contributed by atoms with van der Waals surface area (Å²) in [6, 6.07) is 15.6. The second-order valence-electron chi connectivity index (χ2n) is 4.82. The maximum atomic E-state index is 12.5. The van der Waals surface area contributed by atoms with Crippen molar-refractivity contribution in [2.24, 2.45) is 0 Å². The summed E-state index contributed by atoms with van der Waals surface area (Å²) in [5, 5.41) is 0.933. The minimum atomic E-state index is -3.42. The van der Waals surface area contributed by atoms with Crippen LogP contribution < -0.4 is 5.73 Å². The van der Waals surface area contributed by atoms with E-state index in [1.807, 2.05) is 24.3 Å². The van der Waals surface area contributed by atoms with E-state index >= 15 is 0 Å². The van der Waals surface area contributed by atoms with Crippen molar-refractivity contribution in [2.75, 3.05) is 5.73 Å². The number of hydrogen-bond acceptors (Lipinski definition) is 4. The lowest BCUT2D eigenvalue weighted by atomic mass is 10.1. The molecule has 0 bridgehead atoms. The predicted octanol–water partition coefficient (Wildman–Crippen LogP) is 2.79. The molecule has 5 heteroatoms. The van der Waals surface area contributed by atoms with Gasteiger partial charge in [-0.1, -0.05) is 24.3 Å². The van der Waals surface area contributed by atoms with Crippen molar-refractivity contribution in [3.63, 3.8) is 0 Å². The maximum absolute atomic E-state index is 12.5. The second kappa shape index (κ2) is 5.18. The zero-order valence-corrected chi connectivity index (χ0v) is 12.0. The van der Waals surface area contributed by atoms with E-state index in [0.29, 0.717) is 11.3 Å². The molecule has 0 saturated carbocycles. The van der Waals surface area contributed by atoms with Gasteiger partial charge < -0.3 is 5.73 Å². The minimum Gasteiger partial charge on any atom is -0.399 e. The number of nitrogen functional groups attached to an aromatic ring is 1. The molecule has 3 aromatic rings. The molecular weight excluding hydrogens is 284 g/mol.